The Morgan fingerprint density at radius 3 is 0.921 bits per heavy atom. The number of hydrogen-bond acceptors (Lipinski definition) is 3. The third kappa shape index (κ3) is 4.78. The summed E-state index contributed by atoms with van der Waals surface area (Å²) in [5, 5.41) is 0. The fourth-order valence-corrected chi connectivity index (χ4v) is 158. The van der Waals surface area contributed by atoms with Crippen molar-refractivity contribution in [2.24, 2.45) is 0 Å². The van der Waals surface area contributed by atoms with E-state index in [0.717, 1.165) is 0 Å². The third-order valence-electron chi connectivity index (χ3n) is 12.8. The van der Waals surface area contributed by atoms with Crippen molar-refractivity contribution in [1.29, 1.82) is 0 Å². The molecule has 5 saturated carbocycles. The molecule has 0 aromatic heterocycles. The van der Waals surface area contributed by atoms with Crippen molar-refractivity contribution in [3.8, 4) is 0 Å². The maximum absolute atomic E-state index is 14.1. The standard InChI is InChI=1S/C30H58O3Si5/c31-36(28-20-10-3-11-21-28)34(26-16-6-1-7-17-26)37(32,29-22-12-4-13-23-29)38(33,30-24-14-5-15-25-30)35(36)27-18-8-2-9-19-27/h26-33H,1-25H2. The van der Waals surface area contributed by atoms with Crippen LogP contribution in [0.3, 0.4) is 0 Å². The first-order valence-electron chi connectivity index (χ1n) is 17.4. The molecule has 2 unspecified atom stereocenters. The molecule has 2 radical (unpaired) electrons. The monoisotopic (exact) mass is 606 g/mol. The average Bonchev–Trinajstić information content (AvgIpc) is 3.16. The SMILES string of the molecule is O[Si]1(C2CCCCC2)[Si](C2CCCCC2)[Si](O)(C2CCCCC2)[Si](O)(C2CCCCC2)[Si]1C1CCCCC1. The molecule has 3 N–H and O–H groups in total. The minimum Gasteiger partial charge on any atom is -0.438 e. The summed E-state index contributed by atoms with van der Waals surface area (Å²) in [6, 6.07) is 0. The van der Waals surface area contributed by atoms with E-state index in [9.17, 15) is 14.4 Å². The minimum atomic E-state index is -2.96. The first-order chi connectivity index (χ1) is 18.5. The lowest BCUT2D eigenvalue weighted by Gasteiger charge is -2.52. The Bertz CT molecular complexity index is 720. The summed E-state index contributed by atoms with van der Waals surface area (Å²) in [5.41, 5.74) is 2.77. The average molecular weight is 607 g/mol. The number of rotatable bonds is 5. The van der Waals surface area contributed by atoms with Gasteiger partial charge in [0.05, 0.1) is 0 Å². The molecule has 1 saturated heterocycles. The molecule has 0 aromatic carbocycles. The van der Waals surface area contributed by atoms with Crippen molar-refractivity contribution in [3.05, 3.63) is 0 Å². The Balaban J connectivity index is 1.56. The number of hydrogen-bond donors (Lipinski definition) is 3. The van der Waals surface area contributed by atoms with Crippen molar-refractivity contribution >= 4 is 37.7 Å². The van der Waals surface area contributed by atoms with Crippen LogP contribution < -0.4 is 0 Å². The molecule has 5 aliphatic carbocycles. The Morgan fingerprint density at radius 1 is 0.342 bits per heavy atom. The van der Waals surface area contributed by atoms with Gasteiger partial charge in [-0.25, -0.2) is 0 Å². The first-order valence-corrected chi connectivity index (χ1v) is 31.7. The molecule has 1 aliphatic heterocycles. The second-order valence-corrected chi connectivity index (χ2v) is 52.8. The fraction of sp³-hybridized carbons (Fsp3) is 1.00. The van der Waals surface area contributed by atoms with E-state index < -0.39 is 37.7 Å². The summed E-state index contributed by atoms with van der Waals surface area (Å²) in [7, 11) is -11.2. The highest BCUT2D eigenvalue weighted by molar-refractivity contribution is 8.05. The van der Waals surface area contributed by atoms with Crippen molar-refractivity contribution in [2.45, 2.75) is 188 Å². The topological polar surface area (TPSA) is 60.7 Å². The van der Waals surface area contributed by atoms with Crippen LogP contribution in [0.2, 0.25) is 27.7 Å². The lowest BCUT2D eigenvalue weighted by Crippen LogP contribution is -2.76. The Labute approximate surface area is 239 Å². The predicted molar refractivity (Wildman–Crippen MR) is 170 cm³/mol. The summed E-state index contributed by atoms with van der Waals surface area (Å²) in [6.45, 7) is 0. The van der Waals surface area contributed by atoms with Gasteiger partial charge in [-0.05, 0) is 27.7 Å². The summed E-state index contributed by atoms with van der Waals surface area (Å²) < 4.78 is 0. The molecule has 0 aromatic rings. The van der Waals surface area contributed by atoms with Gasteiger partial charge in [-0.1, -0.05) is 161 Å². The lowest BCUT2D eigenvalue weighted by atomic mass is 10.0. The van der Waals surface area contributed by atoms with Gasteiger partial charge in [-0.15, -0.1) is 0 Å². The zero-order chi connectivity index (χ0) is 26.2. The molecule has 8 heteroatoms. The normalized spacial score (nSPS) is 41.1. The summed E-state index contributed by atoms with van der Waals surface area (Å²) in [4.78, 5) is 42.2. The highest BCUT2D eigenvalue weighted by Crippen LogP contribution is 2.63. The highest BCUT2D eigenvalue weighted by atomic mass is 30.2. The summed E-state index contributed by atoms with van der Waals surface area (Å²) in [6.07, 6.45) is 32.4. The smallest absolute Gasteiger partial charge is 0.192 e. The van der Waals surface area contributed by atoms with Crippen LogP contribution in [0, 0.1) is 0 Å². The zero-order valence-corrected chi connectivity index (χ0v) is 29.4. The van der Waals surface area contributed by atoms with Crippen LogP contribution in [0.4, 0.5) is 0 Å². The van der Waals surface area contributed by atoms with E-state index in [1.54, 1.807) is 0 Å². The van der Waals surface area contributed by atoms with Crippen molar-refractivity contribution in [1.82, 2.24) is 0 Å². The van der Waals surface area contributed by atoms with E-state index in [1.165, 1.54) is 161 Å². The van der Waals surface area contributed by atoms with E-state index >= 15 is 0 Å². The molecule has 0 spiro atoms. The molecule has 3 nitrogen and oxygen atoms in total. The molecule has 1 heterocycles. The molecule has 6 aliphatic rings. The molecule has 2 atom stereocenters. The largest absolute Gasteiger partial charge is 0.438 e. The van der Waals surface area contributed by atoms with Gasteiger partial charge in [0.15, 0.2) is 22.1 Å². The van der Waals surface area contributed by atoms with Crippen LogP contribution in [0.5, 0.6) is 0 Å². The van der Waals surface area contributed by atoms with E-state index in [1.807, 2.05) is 0 Å². The van der Waals surface area contributed by atoms with Crippen LogP contribution in [0.15, 0.2) is 0 Å². The van der Waals surface area contributed by atoms with Crippen LogP contribution in [-0.2, 0) is 0 Å². The molecule has 0 bridgehead atoms. The maximum Gasteiger partial charge on any atom is 0.192 e. The highest BCUT2D eigenvalue weighted by Gasteiger charge is 2.85. The van der Waals surface area contributed by atoms with Crippen LogP contribution >= 0.6 is 0 Å². The van der Waals surface area contributed by atoms with Crippen LogP contribution in [-0.4, -0.2) is 52.1 Å². The van der Waals surface area contributed by atoms with Crippen molar-refractivity contribution < 1.29 is 14.4 Å². The van der Waals surface area contributed by atoms with Gasteiger partial charge >= 0.3 is 0 Å². The zero-order valence-electron chi connectivity index (χ0n) is 24.4. The Morgan fingerprint density at radius 2 is 0.605 bits per heavy atom. The lowest BCUT2D eigenvalue weighted by molar-refractivity contribution is 0.416. The second-order valence-electron chi connectivity index (χ2n) is 14.8. The Kier molecular flexibility index (Phi) is 9.40. The molecular formula is C30H58O3Si5. The van der Waals surface area contributed by atoms with E-state index in [-0.39, 0.29) is 0 Å². The van der Waals surface area contributed by atoms with E-state index in [2.05, 4.69) is 0 Å². The molecule has 6 rings (SSSR count). The maximum atomic E-state index is 14.1. The van der Waals surface area contributed by atoms with Gasteiger partial charge in [0.1, 0.15) is 15.7 Å². The molecule has 38 heavy (non-hydrogen) atoms. The fourth-order valence-electron chi connectivity index (χ4n) is 11.2. The van der Waals surface area contributed by atoms with Gasteiger partial charge in [-0.3, -0.25) is 0 Å². The van der Waals surface area contributed by atoms with Gasteiger partial charge in [-0.2, -0.15) is 0 Å². The quantitative estimate of drug-likeness (QED) is 0.279. The molecule has 216 valence electrons. The second kappa shape index (κ2) is 12.3. The van der Waals surface area contributed by atoms with E-state index in [0.29, 0.717) is 27.7 Å². The van der Waals surface area contributed by atoms with Crippen LogP contribution in [0.25, 0.3) is 0 Å². The van der Waals surface area contributed by atoms with Gasteiger partial charge in [0.2, 0.25) is 0 Å². The molecule has 0 amide bonds. The predicted octanol–water partition coefficient (Wildman–Crippen LogP) is 7.87. The van der Waals surface area contributed by atoms with Crippen LogP contribution in [0.1, 0.15) is 161 Å². The molecular weight excluding hydrogens is 549 g/mol. The Hall–Kier alpha value is 0.964. The van der Waals surface area contributed by atoms with E-state index in [4.69, 9.17) is 0 Å². The minimum absolute atomic E-state index is 0.458. The van der Waals surface area contributed by atoms with Gasteiger partial charge < -0.3 is 14.4 Å². The first kappa shape index (κ1) is 29.1. The summed E-state index contributed by atoms with van der Waals surface area (Å²) >= 11 is 0. The molecule has 6 fully saturated rings. The van der Waals surface area contributed by atoms with Gasteiger partial charge in [0.25, 0.3) is 0 Å². The summed E-state index contributed by atoms with van der Waals surface area (Å²) in [5.74, 6) is 0. The van der Waals surface area contributed by atoms with Crippen molar-refractivity contribution in [2.75, 3.05) is 0 Å². The third-order valence-corrected chi connectivity index (χ3v) is 92.5. The van der Waals surface area contributed by atoms with Gasteiger partial charge in [0, 0.05) is 0 Å². The van der Waals surface area contributed by atoms with Crippen molar-refractivity contribution in [3.63, 3.8) is 0 Å².